The molecule has 0 aromatic carbocycles. The largest absolute Gasteiger partial charge is 0.314 e. The van der Waals surface area contributed by atoms with Crippen molar-refractivity contribution in [2.45, 2.75) is 12.8 Å². The molecule has 1 aliphatic rings. The topological polar surface area (TPSA) is 39.1 Å². The summed E-state index contributed by atoms with van der Waals surface area (Å²) in [6, 6.07) is 6.19. The average Bonchev–Trinajstić information content (AvgIpc) is 2.78. The summed E-state index contributed by atoms with van der Waals surface area (Å²) >= 11 is 1.63. The molecule has 0 spiro atoms. The Morgan fingerprint density at radius 3 is 2.88 bits per heavy atom. The molecular weight excluding hydrogens is 218 g/mol. The zero-order valence-electron chi connectivity index (χ0n) is 9.41. The highest BCUT2D eigenvalue weighted by molar-refractivity contribution is 7.12. The monoisotopic (exact) mass is 235 g/mol. The molecule has 0 amide bonds. The number of hydrogen-bond donors (Lipinski definition) is 1. The summed E-state index contributed by atoms with van der Waals surface area (Å²) in [5, 5.41) is 12.1. The van der Waals surface area contributed by atoms with E-state index in [2.05, 4.69) is 22.4 Å². The smallest absolute Gasteiger partial charge is 0.110 e. The van der Waals surface area contributed by atoms with Crippen molar-refractivity contribution in [3.05, 3.63) is 21.9 Å². The number of nitrogens with one attached hydrogen (secondary N) is 1. The first kappa shape index (κ1) is 11.6. The lowest BCUT2D eigenvalue weighted by Crippen LogP contribution is -2.43. The van der Waals surface area contributed by atoms with Crippen LogP contribution in [-0.2, 0) is 6.42 Å². The molecule has 2 heterocycles. The van der Waals surface area contributed by atoms with E-state index in [1.54, 1.807) is 11.3 Å². The Bertz CT molecular complexity index is 361. The highest BCUT2D eigenvalue weighted by Crippen LogP contribution is 2.17. The van der Waals surface area contributed by atoms with Gasteiger partial charge in [-0.1, -0.05) is 0 Å². The molecule has 1 N–H and O–H groups in total. The van der Waals surface area contributed by atoms with E-state index in [0.717, 1.165) is 24.4 Å². The van der Waals surface area contributed by atoms with E-state index in [0.29, 0.717) is 0 Å². The number of hydrogen-bond acceptors (Lipinski definition) is 4. The minimum absolute atomic E-state index is 0.831. The number of nitrogens with zero attached hydrogens (tertiary/aromatic N) is 2. The minimum atomic E-state index is 0.831. The van der Waals surface area contributed by atoms with Gasteiger partial charge in [-0.3, -0.25) is 0 Å². The predicted octanol–water partition coefficient (Wildman–Crippen LogP) is 1.46. The van der Waals surface area contributed by atoms with Crippen LogP contribution in [0.4, 0.5) is 0 Å². The molecule has 86 valence electrons. The van der Waals surface area contributed by atoms with E-state index in [9.17, 15) is 0 Å². The van der Waals surface area contributed by atoms with Gasteiger partial charge >= 0.3 is 0 Å². The van der Waals surface area contributed by atoms with Crippen LogP contribution >= 0.6 is 11.3 Å². The Morgan fingerprint density at radius 2 is 2.19 bits per heavy atom. The Morgan fingerprint density at radius 1 is 1.38 bits per heavy atom. The first-order valence-electron chi connectivity index (χ1n) is 5.80. The molecule has 0 atom stereocenters. The van der Waals surface area contributed by atoms with Crippen LogP contribution in [0.15, 0.2) is 12.1 Å². The molecule has 0 bridgehead atoms. The summed E-state index contributed by atoms with van der Waals surface area (Å²) in [5.41, 5.74) is 0. The maximum Gasteiger partial charge on any atom is 0.110 e. The Hall–Kier alpha value is -0.890. The second-order valence-corrected chi connectivity index (χ2v) is 5.24. The van der Waals surface area contributed by atoms with Gasteiger partial charge in [0.1, 0.15) is 10.9 Å². The fraction of sp³-hybridized carbons (Fsp3) is 0.583. The van der Waals surface area contributed by atoms with Crippen molar-refractivity contribution < 1.29 is 0 Å². The Labute approximate surface area is 101 Å². The van der Waals surface area contributed by atoms with Crippen LogP contribution in [0.5, 0.6) is 0 Å². The van der Waals surface area contributed by atoms with Gasteiger partial charge < -0.3 is 10.2 Å². The SMILES string of the molecule is N#Cc1ccc(CCCN2CCNCC2)s1. The summed E-state index contributed by atoms with van der Waals surface area (Å²) in [6.07, 6.45) is 2.31. The van der Waals surface area contributed by atoms with E-state index in [1.807, 2.05) is 6.07 Å². The summed E-state index contributed by atoms with van der Waals surface area (Å²) < 4.78 is 0. The lowest BCUT2D eigenvalue weighted by Gasteiger charge is -2.26. The molecule has 0 unspecified atom stereocenters. The van der Waals surface area contributed by atoms with Crippen molar-refractivity contribution in [1.82, 2.24) is 10.2 Å². The molecule has 1 aliphatic heterocycles. The molecule has 0 saturated carbocycles. The number of rotatable bonds is 4. The van der Waals surface area contributed by atoms with Crippen LogP contribution in [0.3, 0.4) is 0 Å². The molecular formula is C12H17N3S. The van der Waals surface area contributed by atoms with Gasteiger partial charge in [-0.05, 0) is 31.5 Å². The third kappa shape index (κ3) is 3.31. The third-order valence-electron chi connectivity index (χ3n) is 2.88. The van der Waals surface area contributed by atoms with E-state index in [1.165, 1.54) is 30.9 Å². The quantitative estimate of drug-likeness (QED) is 0.858. The molecule has 1 saturated heterocycles. The lowest BCUT2D eigenvalue weighted by molar-refractivity contribution is 0.239. The van der Waals surface area contributed by atoms with Crippen LogP contribution in [0.25, 0.3) is 0 Å². The second-order valence-electron chi connectivity index (χ2n) is 4.07. The van der Waals surface area contributed by atoms with Crippen LogP contribution < -0.4 is 5.32 Å². The summed E-state index contributed by atoms with van der Waals surface area (Å²) in [5.74, 6) is 0. The molecule has 0 radical (unpaired) electrons. The van der Waals surface area contributed by atoms with Gasteiger partial charge in [0.25, 0.3) is 0 Å². The van der Waals surface area contributed by atoms with Gasteiger partial charge in [0.15, 0.2) is 0 Å². The van der Waals surface area contributed by atoms with Crippen molar-refractivity contribution in [3.8, 4) is 6.07 Å². The fourth-order valence-electron chi connectivity index (χ4n) is 1.98. The zero-order valence-corrected chi connectivity index (χ0v) is 10.2. The molecule has 3 nitrogen and oxygen atoms in total. The predicted molar refractivity (Wildman–Crippen MR) is 66.7 cm³/mol. The van der Waals surface area contributed by atoms with Crippen LogP contribution in [0, 0.1) is 11.3 Å². The fourth-order valence-corrected chi connectivity index (χ4v) is 2.83. The van der Waals surface area contributed by atoms with Crippen molar-refractivity contribution >= 4 is 11.3 Å². The normalized spacial score (nSPS) is 17.2. The van der Waals surface area contributed by atoms with Crippen molar-refractivity contribution in [1.29, 1.82) is 5.26 Å². The highest BCUT2D eigenvalue weighted by atomic mass is 32.1. The molecule has 1 aromatic heterocycles. The van der Waals surface area contributed by atoms with E-state index in [4.69, 9.17) is 5.26 Å². The van der Waals surface area contributed by atoms with Gasteiger partial charge in [0.2, 0.25) is 0 Å². The molecule has 1 fully saturated rings. The maximum atomic E-state index is 8.73. The first-order chi connectivity index (χ1) is 7.88. The van der Waals surface area contributed by atoms with Crippen molar-refractivity contribution in [2.24, 2.45) is 0 Å². The first-order valence-corrected chi connectivity index (χ1v) is 6.62. The Balaban J connectivity index is 1.69. The van der Waals surface area contributed by atoms with Gasteiger partial charge in [-0.25, -0.2) is 0 Å². The summed E-state index contributed by atoms with van der Waals surface area (Å²) in [4.78, 5) is 4.68. The number of nitriles is 1. The van der Waals surface area contributed by atoms with E-state index < -0.39 is 0 Å². The van der Waals surface area contributed by atoms with E-state index >= 15 is 0 Å². The lowest BCUT2D eigenvalue weighted by atomic mass is 10.2. The highest BCUT2D eigenvalue weighted by Gasteiger charge is 2.08. The molecule has 2 rings (SSSR count). The number of aryl methyl sites for hydroxylation is 1. The third-order valence-corrected chi connectivity index (χ3v) is 3.93. The van der Waals surface area contributed by atoms with Crippen LogP contribution in [0.1, 0.15) is 16.2 Å². The summed E-state index contributed by atoms with van der Waals surface area (Å²) in [6.45, 7) is 5.78. The van der Waals surface area contributed by atoms with Gasteiger partial charge in [-0.15, -0.1) is 11.3 Å². The zero-order chi connectivity index (χ0) is 11.2. The van der Waals surface area contributed by atoms with Gasteiger partial charge in [0.05, 0.1) is 0 Å². The van der Waals surface area contributed by atoms with Crippen molar-refractivity contribution in [3.63, 3.8) is 0 Å². The second kappa shape index (κ2) is 6.00. The average molecular weight is 235 g/mol. The number of piperazine rings is 1. The van der Waals surface area contributed by atoms with Crippen LogP contribution in [-0.4, -0.2) is 37.6 Å². The van der Waals surface area contributed by atoms with Gasteiger partial charge in [-0.2, -0.15) is 5.26 Å². The molecule has 1 aromatic rings. The summed E-state index contributed by atoms with van der Waals surface area (Å²) in [7, 11) is 0. The van der Waals surface area contributed by atoms with Crippen molar-refractivity contribution in [2.75, 3.05) is 32.7 Å². The van der Waals surface area contributed by atoms with Crippen LogP contribution in [0.2, 0.25) is 0 Å². The number of thiophene rings is 1. The maximum absolute atomic E-state index is 8.73. The Kier molecular flexibility index (Phi) is 4.34. The molecule has 0 aliphatic carbocycles. The molecule has 4 heteroatoms. The van der Waals surface area contributed by atoms with Gasteiger partial charge in [0, 0.05) is 31.1 Å². The molecule has 16 heavy (non-hydrogen) atoms. The van der Waals surface area contributed by atoms with E-state index in [-0.39, 0.29) is 0 Å². The minimum Gasteiger partial charge on any atom is -0.314 e. The standard InChI is InChI=1S/C12H17N3S/c13-10-12-4-3-11(16-12)2-1-7-15-8-5-14-6-9-15/h3-4,14H,1-2,5-9H2.